The number of nitrogens with zero attached hydrogens (tertiary/aromatic N) is 9. The predicted molar refractivity (Wildman–Crippen MR) is 417 cm³/mol. The van der Waals surface area contributed by atoms with E-state index in [1.807, 2.05) is 0 Å². The molecule has 0 fully saturated rings. The number of halogens is 16. The number of carboxylic acid groups (broad SMARTS) is 1. The second kappa shape index (κ2) is 41.9. The van der Waals surface area contributed by atoms with Crippen LogP contribution in [0.1, 0.15) is 12.5 Å². The Morgan fingerprint density at radius 2 is 0.735 bits per heavy atom. The van der Waals surface area contributed by atoms with E-state index in [2.05, 4.69) is 39.9 Å². The Morgan fingerprint density at radius 3 is 1.08 bits per heavy atom. The van der Waals surface area contributed by atoms with Crippen LogP contribution in [-0.2, 0) is 14.3 Å². The van der Waals surface area contributed by atoms with Crippen LogP contribution in [0.4, 0.5) is 51.1 Å². The van der Waals surface area contributed by atoms with Gasteiger partial charge in [-0.1, -0.05) is 69.6 Å². The summed E-state index contributed by atoms with van der Waals surface area (Å²) in [7, 11) is 3.21. The fourth-order valence-corrected chi connectivity index (χ4v) is 10.5. The van der Waals surface area contributed by atoms with Crippen molar-refractivity contribution in [3.05, 3.63) is 311 Å². The van der Waals surface area contributed by atoms with Crippen molar-refractivity contribution in [1.29, 1.82) is 5.41 Å². The van der Waals surface area contributed by atoms with Crippen molar-refractivity contribution in [2.24, 2.45) is 5.73 Å². The molecule has 0 aliphatic heterocycles. The Hall–Kier alpha value is -10.5. The van der Waals surface area contributed by atoms with Gasteiger partial charge in [-0.15, -0.1) is 12.4 Å². The topological polar surface area (TPSA) is 246 Å². The molecule has 113 heavy (non-hydrogen) atoms. The Labute approximate surface area is 697 Å². The molecule has 13 rings (SSSR count). The molecule has 0 unspecified atom stereocenters. The molecule has 0 saturated carbocycles. The Kier molecular flexibility index (Phi) is 33.2. The number of aromatic nitrogens is 8. The maximum Gasteiger partial charge on any atom is 1.00 e. The quantitative estimate of drug-likeness (QED) is 0.0203. The average Bonchev–Trinajstić information content (AvgIpc) is 0.815. The number of carbonyl (C=O) groups excluding carboxylic acids is 2. The third kappa shape index (κ3) is 25.8. The molecule has 0 aliphatic carbocycles. The number of carbonyl (C=O) groups is 2. The fraction of sp³-hybridized carbons (Fsp3) is 0.0759. The molecule has 0 bridgehead atoms. The van der Waals surface area contributed by atoms with Crippen LogP contribution in [-0.4, -0.2) is 91.4 Å². The second-order valence-corrected chi connectivity index (χ2v) is 25.6. The number of benzene rings is 9. The normalized spacial score (nSPS) is 10.4. The van der Waals surface area contributed by atoms with E-state index in [0.717, 1.165) is 6.07 Å². The van der Waals surface area contributed by atoms with Crippen molar-refractivity contribution in [3.63, 3.8) is 0 Å². The SMILES string of the molecule is CCOC(=O)CN(C)c1cc(-c2ccc(F)cc2)nc(-c2ccc(Cl)c(F)c2)n1.CN(CC(=O)[O-])c1cc(-c2ccc(F)cc2)nc(-c2ccc(Cl)c(F)c2)n1.Cl.Fc1ccc(-c2cc(Cl)nc(-c3ccc(Cl)c(F)c3)n2)cc1.N=C(N)c1ccc(Cl)c(F)c1.O=c1cc(-c2ccc(F)cc2)nc(-c2ccc(Cl)c(F)c2)[nH]1.[Na+]. The summed E-state index contributed by atoms with van der Waals surface area (Å²) in [6.45, 7) is 1.57. The first-order valence-electron chi connectivity index (χ1n) is 32.2. The first-order valence-corrected chi connectivity index (χ1v) is 34.5. The molecule has 0 atom stereocenters. The molecule has 0 radical (unpaired) electrons. The summed E-state index contributed by atoms with van der Waals surface area (Å²) in [5, 5.41) is 18.1. The molecule has 0 aliphatic rings. The number of likely N-dealkylation sites (N-methyl/N-ethyl adjacent to an activating group) is 2. The molecule has 17 nitrogen and oxygen atoms in total. The summed E-state index contributed by atoms with van der Waals surface area (Å²) >= 11 is 34.2. The molecular formula is C79H55Cl7F9N12NaO5. The van der Waals surface area contributed by atoms with Gasteiger partial charge in [0.05, 0.1) is 67.0 Å². The number of anilines is 2. The van der Waals surface area contributed by atoms with Crippen LogP contribution in [0.5, 0.6) is 0 Å². The van der Waals surface area contributed by atoms with E-state index in [9.17, 15) is 59.0 Å². The molecule has 4 N–H and O–H groups in total. The van der Waals surface area contributed by atoms with Crippen LogP contribution >= 0.6 is 82.0 Å². The van der Waals surface area contributed by atoms with Gasteiger partial charge in [-0.2, -0.15) is 0 Å². The zero-order chi connectivity index (χ0) is 80.3. The van der Waals surface area contributed by atoms with Crippen LogP contribution in [0.2, 0.25) is 30.3 Å². The second-order valence-electron chi connectivity index (χ2n) is 23.2. The van der Waals surface area contributed by atoms with Gasteiger partial charge in [-0.25, -0.2) is 74.4 Å². The van der Waals surface area contributed by atoms with Gasteiger partial charge in [0.1, 0.15) is 87.3 Å². The third-order valence-corrected chi connectivity index (χ3v) is 16.9. The van der Waals surface area contributed by atoms with Crippen molar-refractivity contribution in [2.75, 3.05) is 43.6 Å². The molecule has 13 aromatic rings. The minimum absolute atomic E-state index is 0. The van der Waals surface area contributed by atoms with Gasteiger partial charge in [0.15, 0.2) is 17.5 Å². The van der Waals surface area contributed by atoms with Gasteiger partial charge in [-0.05, 0) is 195 Å². The number of aliphatic carboxylic acids is 1. The largest absolute Gasteiger partial charge is 1.00 e. The summed E-state index contributed by atoms with van der Waals surface area (Å²) in [5.74, 6) is -4.69. The van der Waals surface area contributed by atoms with Gasteiger partial charge in [-0.3, -0.25) is 15.0 Å². The van der Waals surface area contributed by atoms with E-state index in [0.29, 0.717) is 84.5 Å². The van der Waals surface area contributed by atoms with Gasteiger partial charge in [0, 0.05) is 88.4 Å². The molecule has 9 aromatic carbocycles. The van der Waals surface area contributed by atoms with Crippen molar-refractivity contribution >= 4 is 111 Å². The summed E-state index contributed by atoms with van der Waals surface area (Å²) in [4.78, 5) is 70.4. The number of carboxylic acids is 1. The van der Waals surface area contributed by atoms with E-state index in [4.69, 9.17) is 85.5 Å². The van der Waals surface area contributed by atoms with E-state index in [-0.39, 0.29) is 138 Å². The van der Waals surface area contributed by atoms with Crippen molar-refractivity contribution < 1.29 is 88.5 Å². The molecule has 0 saturated heterocycles. The summed E-state index contributed by atoms with van der Waals surface area (Å²) in [5.41, 5.74) is 11.0. The van der Waals surface area contributed by atoms with Crippen LogP contribution in [0, 0.1) is 57.8 Å². The molecular weight excluding hydrogens is 1640 g/mol. The Balaban J connectivity index is 0.000000200. The summed E-state index contributed by atoms with van der Waals surface area (Å²) in [6, 6.07) is 49.7. The zero-order valence-electron chi connectivity index (χ0n) is 59.0. The Bertz CT molecular complexity index is 5610. The van der Waals surface area contributed by atoms with Crippen LogP contribution < -0.4 is 55.8 Å². The van der Waals surface area contributed by atoms with Gasteiger partial charge < -0.3 is 35.2 Å². The van der Waals surface area contributed by atoms with Gasteiger partial charge >= 0.3 is 35.5 Å². The van der Waals surface area contributed by atoms with Crippen molar-refractivity contribution in [2.45, 2.75) is 6.92 Å². The summed E-state index contributed by atoms with van der Waals surface area (Å²) < 4.78 is 125. The zero-order valence-corrected chi connectivity index (χ0v) is 66.4. The maximum atomic E-state index is 13.9. The molecule has 34 heteroatoms. The number of hydrogen-bond donors (Lipinski definition) is 3. The predicted octanol–water partition coefficient (Wildman–Crippen LogP) is 16.3. The number of nitrogen functional groups attached to an aromatic ring is 1. The molecule has 4 aromatic heterocycles. The number of H-pyrrole nitrogens is 1. The van der Waals surface area contributed by atoms with E-state index in [1.54, 1.807) is 85.6 Å². The number of nitrogens with one attached hydrogen (secondary N) is 2. The third-order valence-electron chi connectivity index (χ3n) is 15.2. The van der Waals surface area contributed by atoms with Crippen LogP contribution in [0.25, 0.3) is 90.6 Å². The molecule has 0 amide bonds. The first-order chi connectivity index (χ1) is 52.9. The number of rotatable bonds is 16. The van der Waals surface area contributed by atoms with Crippen LogP contribution in [0.3, 0.4) is 0 Å². The Morgan fingerprint density at radius 1 is 0.425 bits per heavy atom. The number of nitrogens with two attached hydrogens (primary N) is 1. The smallest absolute Gasteiger partial charge is 0.548 e. The number of amidine groups is 1. The van der Waals surface area contributed by atoms with Crippen molar-refractivity contribution in [3.8, 4) is 90.6 Å². The van der Waals surface area contributed by atoms with Crippen LogP contribution in [0.15, 0.2) is 217 Å². The van der Waals surface area contributed by atoms with Gasteiger partial charge in [0.25, 0.3) is 5.56 Å². The van der Waals surface area contributed by atoms with E-state index < -0.39 is 53.4 Å². The standard InChI is InChI=1S/C21H18ClF2N3O2.C19H14ClF2N3O2.C16H8Cl2F2N2.C16H9ClF2N2O.C7H6ClFN2.ClH.Na/c1-3-29-20(28)12-27(2)19-11-18(13-4-7-15(23)8-5-13)25-21(26-19)14-6-9-16(22)17(24)10-14;1-25(10-18(26)27)17-9-16(11-2-5-13(21)6-3-11)23-19(24-17)12-4-7-14(20)15(22)8-12;17-12-6-3-10(7-13(12)20)16-21-14(8-15(18)22-16)9-1-4-11(19)5-2-9;17-12-6-3-10(7-13(12)19)16-20-14(8-15(22)21-16)9-1-4-11(18)5-2-9;8-5-2-1-4(7(10)11)3-6(5)9;;/h4-11H,3,12H2,1-2H3;2-9H,10H2,1H3,(H,26,27);1-8H;1-8H,(H,20,21,22);1-3H,(H3,10,11);1H;/q;;;;;;+1/p-1. The maximum absolute atomic E-state index is 13.9. The summed E-state index contributed by atoms with van der Waals surface area (Å²) in [6.07, 6.45) is 0. The van der Waals surface area contributed by atoms with E-state index in [1.165, 1.54) is 151 Å². The fourth-order valence-electron chi connectivity index (χ4n) is 9.70. The average molecular weight is 1690 g/mol. The minimum atomic E-state index is -1.28. The number of aromatic amines is 1. The number of esters is 1. The number of ether oxygens (including phenoxy) is 1. The molecule has 574 valence electrons. The van der Waals surface area contributed by atoms with Gasteiger partial charge in [0.2, 0.25) is 0 Å². The minimum Gasteiger partial charge on any atom is -0.548 e. The molecule has 0 spiro atoms. The number of hydrogen-bond acceptors (Lipinski definition) is 15. The van der Waals surface area contributed by atoms with E-state index >= 15 is 0 Å². The first kappa shape index (κ1) is 89.7. The monoisotopic (exact) mass is 1690 g/mol. The molecule has 4 heterocycles. The van der Waals surface area contributed by atoms with Crippen molar-refractivity contribution in [1.82, 2.24) is 39.9 Å².